The molecule has 6 rings (SSSR count). The molecule has 3 fully saturated rings. The minimum absolute atomic E-state index is 0.0188. The fourth-order valence-corrected chi connectivity index (χ4v) is 11.7. The zero-order valence-electron chi connectivity index (χ0n) is 27.5. The Morgan fingerprint density at radius 1 is 0.940 bits per heavy atom. The van der Waals surface area contributed by atoms with Gasteiger partial charge in [0.05, 0.1) is 17.4 Å². The van der Waals surface area contributed by atoms with Gasteiger partial charge in [0.15, 0.2) is 9.84 Å². The van der Waals surface area contributed by atoms with Crippen molar-refractivity contribution in [2.45, 2.75) is 99.3 Å². The number of aliphatic carboxylic acids is 1. The zero-order valence-corrected chi connectivity index (χ0v) is 28.4. The molecule has 4 unspecified atom stereocenters. The lowest BCUT2D eigenvalue weighted by molar-refractivity contribution is -0.348. The van der Waals surface area contributed by atoms with Gasteiger partial charge in [-0.1, -0.05) is 44.5 Å². The van der Waals surface area contributed by atoms with Crippen molar-refractivity contribution in [3.63, 3.8) is 0 Å². The predicted molar refractivity (Wildman–Crippen MR) is 167 cm³/mol. The fourth-order valence-electron chi connectivity index (χ4n) is 9.30. The lowest BCUT2D eigenvalue weighted by atomic mass is 9.47. The van der Waals surface area contributed by atoms with Gasteiger partial charge in [-0.2, -0.15) is 26.3 Å². The molecular formula is C36H39F7O6S. The molecule has 1 spiro atoms. The summed E-state index contributed by atoms with van der Waals surface area (Å²) >= 11 is 0. The number of rotatable bonds is 8. The van der Waals surface area contributed by atoms with Gasteiger partial charge in [0, 0.05) is 28.9 Å². The Morgan fingerprint density at radius 3 is 2.10 bits per heavy atom. The molecule has 1 aliphatic heterocycles. The summed E-state index contributed by atoms with van der Waals surface area (Å²) in [6.45, 7) is 3.29. The molecule has 1 N–H and O–H groups in total. The maximum Gasteiger partial charge on any atom is 0.435 e. The third-order valence-electron chi connectivity index (χ3n) is 12.2. The van der Waals surface area contributed by atoms with Crippen LogP contribution in [0.5, 0.6) is 5.75 Å². The van der Waals surface area contributed by atoms with Crippen LogP contribution in [0.4, 0.5) is 30.7 Å². The highest BCUT2D eigenvalue weighted by Crippen LogP contribution is 2.63. The van der Waals surface area contributed by atoms with E-state index in [-0.39, 0.29) is 59.4 Å². The molecule has 14 heteroatoms. The van der Waals surface area contributed by atoms with Crippen LogP contribution in [0.3, 0.4) is 0 Å². The first-order chi connectivity index (χ1) is 23.2. The number of Topliss-reactive ketones (excluding diaryl/α,β-unsaturated/α-hetero) is 1. The number of hydrogen-bond acceptors (Lipinski definition) is 5. The van der Waals surface area contributed by atoms with Crippen molar-refractivity contribution in [2.75, 3.05) is 6.61 Å². The van der Waals surface area contributed by atoms with Crippen molar-refractivity contribution in [2.24, 2.45) is 35.0 Å². The van der Waals surface area contributed by atoms with E-state index in [4.69, 9.17) is 4.74 Å². The van der Waals surface area contributed by atoms with Crippen LogP contribution in [0.2, 0.25) is 0 Å². The van der Waals surface area contributed by atoms with Crippen LogP contribution in [-0.2, 0) is 36.3 Å². The number of alkyl halides is 7. The minimum atomic E-state index is -6.36. The van der Waals surface area contributed by atoms with E-state index in [1.54, 1.807) is 19.1 Å². The molecule has 0 aromatic heterocycles. The summed E-state index contributed by atoms with van der Waals surface area (Å²) in [4.78, 5) is 24.9. The van der Waals surface area contributed by atoms with Gasteiger partial charge in [0.25, 0.3) is 0 Å². The smallest absolute Gasteiger partial charge is 0.435 e. The second-order valence-electron chi connectivity index (χ2n) is 14.9. The molecule has 274 valence electrons. The number of ether oxygens (including phenoxy) is 1. The molecule has 4 aliphatic rings. The number of ketones is 1. The van der Waals surface area contributed by atoms with Gasteiger partial charge in [-0.3, -0.25) is 9.59 Å². The first kappa shape index (κ1) is 36.6. The van der Waals surface area contributed by atoms with Crippen LogP contribution in [0, 0.1) is 35.0 Å². The maximum atomic E-state index is 15.1. The van der Waals surface area contributed by atoms with E-state index >= 15 is 4.39 Å². The van der Waals surface area contributed by atoms with Gasteiger partial charge in [-0.05, 0) is 86.5 Å². The number of halogens is 7. The number of fused-ring (bicyclic) bond motifs is 3. The number of carbonyl (C=O) groups excluding carboxylic acids is 1. The molecule has 1 heterocycles. The van der Waals surface area contributed by atoms with Crippen molar-refractivity contribution in [1.82, 2.24) is 0 Å². The van der Waals surface area contributed by atoms with Gasteiger partial charge in [0.1, 0.15) is 16.3 Å². The van der Waals surface area contributed by atoms with E-state index < -0.39 is 67.6 Å². The molecule has 2 aromatic carbocycles. The predicted octanol–water partition coefficient (Wildman–Crippen LogP) is 8.50. The molecule has 0 radical (unpaired) electrons. The number of carbonyl (C=O) groups is 2. The lowest BCUT2D eigenvalue weighted by Crippen LogP contribution is -2.53. The number of hydrogen-bond donors (Lipinski definition) is 1. The van der Waals surface area contributed by atoms with Gasteiger partial charge in [-0.25, -0.2) is 12.8 Å². The standard InChI is InChI=1S/C36H39F7O6S/c1-3-21-6-9-27(10-7-21)50(47,48)33-12-4-5-22(20(2)30(44)23-15-32(16-23)17-24(18-32)31(45)46)13-26(33)19-49-29-14-25(8-11-28(29)33)34(37,35(38,39)40)36(41,42)43/h6-11,14,20,22-24,26H,3-5,12-13,15-19H2,1-2H3,(H,45,46). The highest BCUT2D eigenvalue weighted by molar-refractivity contribution is 7.92. The molecule has 50 heavy (non-hydrogen) atoms. The first-order valence-electron chi connectivity index (χ1n) is 16.9. The quantitative estimate of drug-likeness (QED) is 0.274. The third kappa shape index (κ3) is 5.53. The number of carboxylic acids is 1. The van der Waals surface area contributed by atoms with Crippen molar-refractivity contribution in [3.05, 3.63) is 59.2 Å². The molecule has 3 saturated carbocycles. The van der Waals surface area contributed by atoms with Crippen LogP contribution < -0.4 is 4.74 Å². The summed E-state index contributed by atoms with van der Waals surface area (Å²) in [7, 11) is -4.40. The Kier molecular flexibility index (Phi) is 8.95. The minimum Gasteiger partial charge on any atom is -0.493 e. The molecule has 6 nitrogen and oxygen atoms in total. The van der Waals surface area contributed by atoms with Gasteiger partial charge in [-0.15, -0.1) is 0 Å². The third-order valence-corrected chi connectivity index (χ3v) is 14.8. The largest absolute Gasteiger partial charge is 0.493 e. The first-order valence-corrected chi connectivity index (χ1v) is 18.4. The fraction of sp³-hybridized carbons (Fsp3) is 0.611. The van der Waals surface area contributed by atoms with Crippen LogP contribution in [0.1, 0.15) is 81.9 Å². The van der Waals surface area contributed by atoms with Gasteiger partial charge < -0.3 is 9.84 Å². The molecule has 4 atom stereocenters. The molecule has 0 bridgehead atoms. The second-order valence-corrected chi connectivity index (χ2v) is 17.1. The summed E-state index contributed by atoms with van der Waals surface area (Å²) in [5, 5.41) is 9.26. The SMILES string of the molecule is CCc1ccc(S(=O)(=O)C23CCCC(C(C)C(=O)C4CC5(CC(C(=O)O)C5)C4)CC2COc2cc(C(F)(C(F)(F)F)C(F)(F)F)ccc23)cc1. The lowest BCUT2D eigenvalue weighted by Gasteiger charge is -2.56. The van der Waals surface area contributed by atoms with Crippen molar-refractivity contribution >= 4 is 21.6 Å². The highest BCUT2D eigenvalue weighted by Gasteiger charge is 2.74. The van der Waals surface area contributed by atoms with Gasteiger partial charge in [0.2, 0.25) is 0 Å². The topological polar surface area (TPSA) is 97.7 Å². The van der Waals surface area contributed by atoms with E-state index in [0.29, 0.717) is 50.7 Å². The molecule has 2 aromatic rings. The van der Waals surface area contributed by atoms with E-state index in [2.05, 4.69) is 0 Å². The van der Waals surface area contributed by atoms with E-state index in [9.17, 15) is 49.5 Å². The monoisotopic (exact) mass is 732 g/mol. The average molecular weight is 733 g/mol. The van der Waals surface area contributed by atoms with Crippen LogP contribution >= 0.6 is 0 Å². The van der Waals surface area contributed by atoms with Crippen molar-refractivity contribution < 1.29 is 58.6 Å². The van der Waals surface area contributed by atoms with Crippen molar-refractivity contribution in [1.29, 1.82) is 0 Å². The highest BCUT2D eigenvalue weighted by atomic mass is 32.2. The summed E-state index contributed by atoms with van der Waals surface area (Å²) in [5.41, 5.74) is -6.91. The molecule has 3 aliphatic carbocycles. The van der Waals surface area contributed by atoms with Crippen LogP contribution in [0.15, 0.2) is 47.4 Å². The Labute approximate surface area is 285 Å². The number of aryl methyl sites for hydroxylation is 1. The number of benzene rings is 2. The normalized spacial score (nSPS) is 30.5. The Morgan fingerprint density at radius 2 is 1.54 bits per heavy atom. The van der Waals surface area contributed by atoms with Gasteiger partial charge >= 0.3 is 24.0 Å². The molecule has 0 amide bonds. The maximum absolute atomic E-state index is 15.1. The van der Waals surface area contributed by atoms with Crippen LogP contribution in [-0.4, -0.2) is 44.2 Å². The molecular weight excluding hydrogens is 693 g/mol. The summed E-state index contributed by atoms with van der Waals surface area (Å²) in [6, 6.07) is 7.63. The number of sulfone groups is 1. The molecule has 0 saturated heterocycles. The zero-order chi connectivity index (χ0) is 36.7. The van der Waals surface area contributed by atoms with E-state index in [1.165, 1.54) is 12.1 Å². The second kappa shape index (κ2) is 12.2. The summed E-state index contributed by atoms with van der Waals surface area (Å²) in [6.07, 6.45) is -8.97. The Balaban J connectivity index is 1.36. The Hall–Kier alpha value is -3.16. The Bertz CT molecular complexity index is 1740. The summed E-state index contributed by atoms with van der Waals surface area (Å²) < 4.78 is 131. The van der Waals surface area contributed by atoms with E-state index in [0.717, 1.165) is 11.6 Å². The van der Waals surface area contributed by atoms with E-state index in [1.807, 2.05) is 6.92 Å². The summed E-state index contributed by atoms with van der Waals surface area (Å²) in [5.74, 6) is -3.63. The number of carboxylic acid groups (broad SMARTS) is 1. The average Bonchev–Trinajstić information content (AvgIpc) is 3.22. The van der Waals surface area contributed by atoms with Crippen LogP contribution in [0.25, 0.3) is 0 Å². The van der Waals surface area contributed by atoms with Crippen molar-refractivity contribution in [3.8, 4) is 5.75 Å².